The third-order valence-electron chi connectivity index (χ3n) is 4.38. The molecule has 1 amide bonds. The quantitative estimate of drug-likeness (QED) is 0.707. The van der Waals surface area contributed by atoms with Gasteiger partial charge in [-0.25, -0.2) is 0 Å². The fourth-order valence-electron chi connectivity index (χ4n) is 3.00. The molecule has 4 rings (SSSR count). The van der Waals surface area contributed by atoms with Crippen molar-refractivity contribution < 1.29 is 9.32 Å². The molecule has 1 atom stereocenters. The molecule has 1 aliphatic heterocycles. The van der Waals surface area contributed by atoms with Crippen LogP contribution in [0, 0.1) is 6.92 Å². The molecule has 0 unspecified atom stereocenters. The van der Waals surface area contributed by atoms with Crippen molar-refractivity contribution >= 4 is 23.2 Å². The van der Waals surface area contributed by atoms with Gasteiger partial charge in [0.15, 0.2) is 0 Å². The van der Waals surface area contributed by atoms with Crippen LogP contribution in [-0.2, 0) is 4.79 Å². The van der Waals surface area contributed by atoms with Crippen LogP contribution < -0.4 is 4.90 Å². The Hall–Kier alpha value is -2.66. The number of hydrogen-bond donors (Lipinski definition) is 0. The molecule has 1 aliphatic rings. The fraction of sp³-hybridized carbons (Fsp3) is 0.211. The molecule has 5 nitrogen and oxygen atoms in total. The second-order valence-electron chi connectivity index (χ2n) is 6.18. The van der Waals surface area contributed by atoms with Crippen LogP contribution >= 0.6 is 11.6 Å². The number of benzene rings is 2. The maximum Gasteiger partial charge on any atom is 0.232 e. The molecular weight excluding hydrogens is 338 g/mol. The molecule has 0 spiro atoms. The summed E-state index contributed by atoms with van der Waals surface area (Å²) < 4.78 is 5.41. The van der Waals surface area contributed by atoms with Crippen LogP contribution in [0.2, 0.25) is 5.02 Å². The van der Waals surface area contributed by atoms with Crippen molar-refractivity contribution in [1.82, 2.24) is 10.1 Å². The van der Waals surface area contributed by atoms with Crippen LogP contribution in [-0.4, -0.2) is 22.6 Å². The smallest absolute Gasteiger partial charge is 0.232 e. The standard InChI is InChI=1S/C19H16ClN3O2/c1-12-6-8-14(9-7-12)23-11-13(10-17(23)24)19-21-18(22-25-19)15-4-2-3-5-16(15)20/h2-9,13H,10-11H2,1H3/t13-/m1/s1. The molecule has 1 fully saturated rings. The largest absolute Gasteiger partial charge is 0.339 e. The van der Waals surface area contributed by atoms with Gasteiger partial charge in [0, 0.05) is 24.2 Å². The second kappa shape index (κ2) is 6.33. The highest BCUT2D eigenvalue weighted by Crippen LogP contribution is 2.33. The van der Waals surface area contributed by atoms with Crippen LogP contribution in [0.25, 0.3) is 11.4 Å². The van der Waals surface area contributed by atoms with Crippen molar-refractivity contribution in [3.63, 3.8) is 0 Å². The monoisotopic (exact) mass is 353 g/mol. The van der Waals surface area contributed by atoms with Gasteiger partial charge in [0.25, 0.3) is 0 Å². The SMILES string of the molecule is Cc1ccc(N2C[C@H](c3nc(-c4ccccc4Cl)no3)CC2=O)cc1. The summed E-state index contributed by atoms with van der Waals surface area (Å²) in [6.07, 6.45) is 0.359. The highest BCUT2D eigenvalue weighted by atomic mass is 35.5. The molecule has 0 N–H and O–H groups in total. The summed E-state index contributed by atoms with van der Waals surface area (Å²) in [5.74, 6) is 0.864. The Labute approximate surface area is 150 Å². The number of aromatic nitrogens is 2. The Balaban J connectivity index is 1.57. The van der Waals surface area contributed by atoms with Crippen LogP contribution in [0.4, 0.5) is 5.69 Å². The van der Waals surface area contributed by atoms with E-state index in [0.29, 0.717) is 29.7 Å². The van der Waals surface area contributed by atoms with E-state index in [4.69, 9.17) is 16.1 Å². The summed E-state index contributed by atoms with van der Waals surface area (Å²) in [6, 6.07) is 15.3. The molecule has 1 saturated heterocycles. The predicted octanol–water partition coefficient (Wildman–Crippen LogP) is 4.22. The average Bonchev–Trinajstić information content (AvgIpc) is 3.23. The molecule has 25 heavy (non-hydrogen) atoms. The van der Waals surface area contributed by atoms with Crippen molar-refractivity contribution in [3.05, 3.63) is 65.0 Å². The highest BCUT2D eigenvalue weighted by Gasteiger charge is 2.35. The minimum atomic E-state index is -0.113. The van der Waals surface area contributed by atoms with Gasteiger partial charge in [0.1, 0.15) is 0 Å². The first-order chi connectivity index (χ1) is 12.1. The van der Waals surface area contributed by atoms with Gasteiger partial charge >= 0.3 is 0 Å². The van der Waals surface area contributed by atoms with E-state index < -0.39 is 0 Å². The number of rotatable bonds is 3. The summed E-state index contributed by atoms with van der Waals surface area (Å²) in [6.45, 7) is 2.55. The van der Waals surface area contributed by atoms with Gasteiger partial charge in [-0.3, -0.25) is 4.79 Å². The second-order valence-corrected chi connectivity index (χ2v) is 6.58. The topological polar surface area (TPSA) is 59.2 Å². The van der Waals surface area contributed by atoms with Crippen molar-refractivity contribution in [2.75, 3.05) is 11.4 Å². The summed E-state index contributed by atoms with van der Waals surface area (Å²) in [7, 11) is 0. The van der Waals surface area contributed by atoms with E-state index in [-0.39, 0.29) is 11.8 Å². The lowest BCUT2D eigenvalue weighted by Crippen LogP contribution is -2.24. The maximum absolute atomic E-state index is 12.4. The van der Waals surface area contributed by atoms with Crippen molar-refractivity contribution in [2.24, 2.45) is 0 Å². The zero-order valence-corrected chi connectivity index (χ0v) is 14.4. The molecule has 3 aromatic rings. The third kappa shape index (κ3) is 3.03. The minimum absolute atomic E-state index is 0.0614. The molecule has 2 heterocycles. The summed E-state index contributed by atoms with van der Waals surface area (Å²) in [5, 5.41) is 4.59. The molecule has 0 bridgehead atoms. The molecule has 0 aliphatic carbocycles. The first-order valence-corrected chi connectivity index (χ1v) is 8.45. The van der Waals surface area contributed by atoms with E-state index in [9.17, 15) is 4.79 Å². The molecule has 2 aromatic carbocycles. The third-order valence-corrected chi connectivity index (χ3v) is 4.71. The van der Waals surface area contributed by atoms with E-state index in [1.807, 2.05) is 49.4 Å². The normalized spacial score (nSPS) is 17.3. The predicted molar refractivity (Wildman–Crippen MR) is 95.6 cm³/mol. The van der Waals surface area contributed by atoms with Gasteiger partial charge in [-0.2, -0.15) is 4.98 Å². The zero-order valence-electron chi connectivity index (χ0n) is 13.6. The number of carbonyl (C=O) groups excluding carboxylic acids is 1. The highest BCUT2D eigenvalue weighted by molar-refractivity contribution is 6.33. The number of hydrogen-bond acceptors (Lipinski definition) is 4. The molecule has 1 aromatic heterocycles. The Morgan fingerprint density at radius 2 is 1.92 bits per heavy atom. The molecule has 126 valence electrons. The summed E-state index contributed by atoms with van der Waals surface area (Å²) in [4.78, 5) is 18.6. The Morgan fingerprint density at radius 1 is 1.16 bits per heavy atom. The van der Waals surface area contributed by atoms with Gasteiger partial charge in [-0.15, -0.1) is 0 Å². The summed E-state index contributed by atoms with van der Waals surface area (Å²) >= 11 is 6.18. The van der Waals surface area contributed by atoms with Crippen molar-refractivity contribution in [1.29, 1.82) is 0 Å². The number of anilines is 1. The Morgan fingerprint density at radius 3 is 2.68 bits per heavy atom. The Kier molecular flexibility index (Phi) is 4.01. The van der Waals surface area contributed by atoms with Gasteiger partial charge < -0.3 is 9.42 Å². The van der Waals surface area contributed by atoms with Crippen molar-refractivity contribution in [3.8, 4) is 11.4 Å². The number of nitrogens with zero attached hydrogens (tertiary/aromatic N) is 3. The van der Waals surface area contributed by atoms with E-state index >= 15 is 0 Å². The van der Waals surface area contributed by atoms with Crippen LogP contribution in [0.5, 0.6) is 0 Å². The van der Waals surface area contributed by atoms with E-state index in [0.717, 1.165) is 16.8 Å². The number of carbonyl (C=O) groups is 1. The first-order valence-electron chi connectivity index (χ1n) is 8.07. The average molecular weight is 354 g/mol. The van der Waals surface area contributed by atoms with Crippen LogP contribution in [0.1, 0.15) is 23.8 Å². The first kappa shape index (κ1) is 15.8. The van der Waals surface area contributed by atoms with Gasteiger partial charge in [-0.05, 0) is 31.2 Å². The number of amides is 1. The Bertz CT molecular complexity index is 920. The van der Waals surface area contributed by atoms with Gasteiger partial charge in [0.05, 0.1) is 10.9 Å². The molecule has 6 heteroatoms. The minimum Gasteiger partial charge on any atom is -0.339 e. The van der Waals surface area contributed by atoms with Gasteiger partial charge in [-0.1, -0.05) is 46.6 Å². The lowest BCUT2D eigenvalue weighted by molar-refractivity contribution is -0.117. The van der Waals surface area contributed by atoms with Crippen LogP contribution in [0.15, 0.2) is 53.1 Å². The zero-order chi connectivity index (χ0) is 17.4. The number of halogens is 1. The lowest BCUT2D eigenvalue weighted by atomic mass is 10.1. The van der Waals surface area contributed by atoms with Gasteiger partial charge in [0.2, 0.25) is 17.6 Å². The number of aryl methyl sites for hydroxylation is 1. The van der Waals surface area contributed by atoms with Crippen LogP contribution in [0.3, 0.4) is 0 Å². The maximum atomic E-state index is 12.4. The van der Waals surface area contributed by atoms with E-state index in [1.165, 1.54) is 0 Å². The fourth-order valence-corrected chi connectivity index (χ4v) is 3.22. The van der Waals surface area contributed by atoms with E-state index in [2.05, 4.69) is 10.1 Å². The van der Waals surface area contributed by atoms with E-state index in [1.54, 1.807) is 11.0 Å². The van der Waals surface area contributed by atoms with Crippen molar-refractivity contribution in [2.45, 2.75) is 19.3 Å². The molecule has 0 radical (unpaired) electrons. The summed E-state index contributed by atoms with van der Waals surface area (Å²) in [5.41, 5.74) is 2.77. The molecule has 0 saturated carbocycles. The molecular formula is C19H16ClN3O2. The lowest BCUT2D eigenvalue weighted by Gasteiger charge is -2.16.